The lowest BCUT2D eigenvalue weighted by molar-refractivity contribution is -0.145. The van der Waals surface area contributed by atoms with Crippen molar-refractivity contribution in [3.8, 4) is 0 Å². The van der Waals surface area contributed by atoms with Crippen molar-refractivity contribution in [3.05, 3.63) is 124 Å². The summed E-state index contributed by atoms with van der Waals surface area (Å²) < 4.78 is 53.0. The van der Waals surface area contributed by atoms with Crippen LogP contribution in [0.1, 0.15) is 66.0 Å². The number of nitrogens with zero attached hydrogens (tertiary/aromatic N) is 4. The number of hydrogen-bond donors (Lipinski definition) is 0. The maximum atomic E-state index is 16.2. The van der Waals surface area contributed by atoms with Crippen LogP contribution in [0.25, 0.3) is 11.0 Å². The Bertz CT molecular complexity index is 2010. The molecule has 0 N–H and O–H groups in total. The number of rotatable bonds is 10. The molecule has 5 aromatic rings. The first-order chi connectivity index (χ1) is 22.7. The zero-order valence-electron chi connectivity index (χ0n) is 26.9. The monoisotopic (exact) mass is 654 g/mol. The van der Waals surface area contributed by atoms with Crippen LogP contribution in [-0.2, 0) is 45.7 Å². The Morgan fingerprint density at radius 3 is 2.55 bits per heavy atom. The van der Waals surface area contributed by atoms with Crippen molar-refractivity contribution >= 4 is 27.0 Å². The van der Waals surface area contributed by atoms with E-state index >= 15 is 4.39 Å². The molecule has 2 heterocycles. The Labute approximate surface area is 275 Å². The highest BCUT2D eigenvalue weighted by Crippen LogP contribution is 2.36. The second-order valence-corrected chi connectivity index (χ2v) is 14.1. The average Bonchev–Trinajstić information content (AvgIpc) is 3.47. The standard InChI is InChI=1S/C37H39FN4O4S/c1-4-26-19-29-13-9-10-14-34(29)47(44,45)41(22-26)23-30-20-28(16-15-25(30)3)32(21-35(43)46-24-27-11-7-6-8-12-27)31-17-18-33-37(36(31)38)39-40-42(33)5-2/h6-18,20,26,32H,4-5,19,21-24H2,1-3H3/t26-,32-/m0/s1. The summed E-state index contributed by atoms with van der Waals surface area (Å²) in [7, 11) is -3.76. The second kappa shape index (κ2) is 13.8. The van der Waals surface area contributed by atoms with E-state index in [1.807, 2.05) is 74.5 Å². The number of fused-ring (bicyclic) bond motifs is 2. The van der Waals surface area contributed by atoms with Crippen molar-refractivity contribution in [2.75, 3.05) is 6.54 Å². The summed E-state index contributed by atoms with van der Waals surface area (Å²) in [5.41, 5.74) is 5.08. The molecular formula is C37H39FN4O4S. The van der Waals surface area contributed by atoms with Gasteiger partial charge in [0.15, 0.2) is 5.82 Å². The molecule has 0 aliphatic carbocycles. The molecule has 244 valence electrons. The van der Waals surface area contributed by atoms with E-state index in [9.17, 15) is 13.2 Å². The highest BCUT2D eigenvalue weighted by molar-refractivity contribution is 7.89. The molecule has 0 fully saturated rings. The number of esters is 1. The lowest BCUT2D eigenvalue weighted by atomic mass is 9.86. The van der Waals surface area contributed by atoms with Crippen LogP contribution < -0.4 is 0 Å². The molecule has 0 bridgehead atoms. The number of benzene rings is 4. The van der Waals surface area contributed by atoms with Gasteiger partial charge in [0.25, 0.3) is 0 Å². The van der Waals surface area contributed by atoms with Crippen molar-refractivity contribution < 1.29 is 22.3 Å². The Morgan fingerprint density at radius 2 is 1.79 bits per heavy atom. The van der Waals surface area contributed by atoms with Gasteiger partial charge in [-0.25, -0.2) is 17.5 Å². The maximum Gasteiger partial charge on any atom is 0.307 e. The molecule has 0 radical (unpaired) electrons. The molecular weight excluding hydrogens is 615 g/mol. The van der Waals surface area contributed by atoms with Gasteiger partial charge in [0.05, 0.1) is 16.8 Å². The van der Waals surface area contributed by atoms with Crippen molar-refractivity contribution in [2.24, 2.45) is 5.92 Å². The summed E-state index contributed by atoms with van der Waals surface area (Å²) in [6.45, 7) is 7.12. The Kier molecular flexibility index (Phi) is 9.52. The van der Waals surface area contributed by atoms with E-state index in [4.69, 9.17) is 4.74 Å². The molecule has 0 amide bonds. The summed E-state index contributed by atoms with van der Waals surface area (Å²) in [4.78, 5) is 13.7. The molecule has 47 heavy (non-hydrogen) atoms. The molecule has 1 aliphatic rings. The number of carbonyl (C=O) groups excluding carboxylic acids is 1. The largest absolute Gasteiger partial charge is 0.461 e. The van der Waals surface area contributed by atoms with Crippen molar-refractivity contribution in [2.45, 2.75) is 70.5 Å². The zero-order chi connectivity index (χ0) is 33.1. The van der Waals surface area contributed by atoms with Gasteiger partial charge in [-0.3, -0.25) is 4.79 Å². The van der Waals surface area contributed by atoms with E-state index in [1.165, 1.54) is 0 Å². The van der Waals surface area contributed by atoms with Crippen molar-refractivity contribution in [3.63, 3.8) is 0 Å². The van der Waals surface area contributed by atoms with Crippen LogP contribution in [-0.4, -0.2) is 40.2 Å². The Balaban J connectivity index is 1.37. The van der Waals surface area contributed by atoms with Crippen molar-refractivity contribution in [1.82, 2.24) is 19.3 Å². The molecule has 8 nitrogen and oxygen atoms in total. The maximum absolute atomic E-state index is 16.2. The Hall–Kier alpha value is -4.41. The van der Waals surface area contributed by atoms with Crippen LogP contribution in [0.4, 0.5) is 4.39 Å². The fraction of sp³-hybridized carbons (Fsp3) is 0.324. The summed E-state index contributed by atoms with van der Waals surface area (Å²) in [5.74, 6) is -1.56. The van der Waals surface area contributed by atoms with Crippen molar-refractivity contribution in [1.29, 1.82) is 0 Å². The third-order valence-corrected chi connectivity index (χ3v) is 11.1. The third kappa shape index (κ3) is 6.71. The second-order valence-electron chi connectivity index (χ2n) is 12.2. The topological polar surface area (TPSA) is 94.4 Å². The minimum Gasteiger partial charge on any atom is -0.461 e. The van der Waals surface area contributed by atoms with Gasteiger partial charge < -0.3 is 4.74 Å². The SMILES string of the molecule is CC[C@H]1Cc2ccccc2S(=O)(=O)N(Cc2cc([C@H](CC(=O)OCc3ccccc3)c3ccc4c(nnn4CC)c3F)ccc2C)C1. The molecule has 0 saturated heterocycles. The number of ether oxygens (including phenoxy) is 1. The van der Waals surface area contributed by atoms with Crippen LogP contribution in [0.2, 0.25) is 0 Å². The number of sulfonamides is 1. The van der Waals surface area contributed by atoms with E-state index in [0.29, 0.717) is 41.0 Å². The number of carbonyl (C=O) groups is 1. The number of hydrogen-bond acceptors (Lipinski definition) is 6. The fourth-order valence-corrected chi connectivity index (χ4v) is 8.14. The first-order valence-corrected chi connectivity index (χ1v) is 17.5. The van der Waals surface area contributed by atoms with E-state index in [2.05, 4.69) is 17.2 Å². The molecule has 2 atom stereocenters. The van der Waals surface area contributed by atoms with Crippen LogP contribution in [0.15, 0.2) is 89.8 Å². The average molecular weight is 655 g/mol. The highest BCUT2D eigenvalue weighted by atomic mass is 32.2. The normalized spacial score (nSPS) is 16.8. The number of halogens is 1. The minimum atomic E-state index is -3.76. The van der Waals surface area contributed by atoms with Gasteiger partial charge >= 0.3 is 5.97 Å². The molecule has 1 aliphatic heterocycles. The minimum absolute atomic E-state index is 0.102. The summed E-state index contributed by atoms with van der Waals surface area (Å²) in [6.07, 6.45) is 1.42. The smallest absolute Gasteiger partial charge is 0.307 e. The van der Waals surface area contributed by atoms with E-state index < -0.39 is 27.7 Å². The number of aromatic nitrogens is 3. The van der Waals surface area contributed by atoms with Gasteiger partial charge in [0, 0.05) is 25.6 Å². The van der Waals surface area contributed by atoms with Crippen LogP contribution in [0, 0.1) is 18.7 Å². The molecule has 10 heteroatoms. The zero-order valence-corrected chi connectivity index (χ0v) is 27.7. The fourth-order valence-electron chi connectivity index (χ4n) is 6.41. The van der Waals surface area contributed by atoms with Gasteiger partial charge in [0.2, 0.25) is 10.0 Å². The van der Waals surface area contributed by atoms with Crippen LogP contribution in [0.3, 0.4) is 0 Å². The van der Waals surface area contributed by atoms with E-state index in [1.54, 1.807) is 33.3 Å². The van der Waals surface area contributed by atoms with Gasteiger partial charge in [0.1, 0.15) is 12.1 Å². The molecule has 4 aromatic carbocycles. The lowest BCUT2D eigenvalue weighted by Crippen LogP contribution is -2.33. The predicted octanol–water partition coefficient (Wildman–Crippen LogP) is 6.94. The predicted molar refractivity (Wildman–Crippen MR) is 179 cm³/mol. The summed E-state index contributed by atoms with van der Waals surface area (Å²) in [5, 5.41) is 8.18. The summed E-state index contributed by atoms with van der Waals surface area (Å²) in [6, 6.07) is 25.8. The lowest BCUT2D eigenvalue weighted by Gasteiger charge is -2.25. The first kappa shape index (κ1) is 32.5. The van der Waals surface area contributed by atoms with Gasteiger partial charge in [-0.1, -0.05) is 91.4 Å². The van der Waals surface area contributed by atoms with Crippen LogP contribution >= 0.6 is 0 Å². The first-order valence-electron chi connectivity index (χ1n) is 16.1. The molecule has 0 spiro atoms. The molecule has 0 unspecified atom stereocenters. The number of aryl methyl sites for hydroxylation is 2. The van der Waals surface area contributed by atoms with Gasteiger partial charge in [-0.05, 0) is 71.7 Å². The third-order valence-electron chi connectivity index (χ3n) is 9.20. The highest BCUT2D eigenvalue weighted by Gasteiger charge is 2.33. The molecule has 1 aromatic heterocycles. The molecule has 6 rings (SSSR count). The van der Waals surface area contributed by atoms with E-state index in [-0.39, 0.29) is 31.0 Å². The summed E-state index contributed by atoms with van der Waals surface area (Å²) >= 11 is 0. The van der Waals surface area contributed by atoms with Crippen LogP contribution in [0.5, 0.6) is 0 Å². The quantitative estimate of drug-likeness (QED) is 0.152. The van der Waals surface area contributed by atoms with Gasteiger partial charge in [-0.15, -0.1) is 5.10 Å². The molecule has 0 saturated carbocycles. The van der Waals surface area contributed by atoms with E-state index in [0.717, 1.165) is 28.7 Å². The Morgan fingerprint density at radius 1 is 1.02 bits per heavy atom. The van der Waals surface area contributed by atoms with Gasteiger partial charge in [-0.2, -0.15) is 4.31 Å².